The lowest BCUT2D eigenvalue weighted by Crippen LogP contribution is -2.25. The Labute approximate surface area is 120 Å². The number of esters is 1. The molecule has 4 nitrogen and oxygen atoms in total. The quantitative estimate of drug-likeness (QED) is 0.635. The van der Waals surface area contributed by atoms with Gasteiger partial charge < -0.3 is 15.0 Å². The van der Waals surface area contributed by atoms with E-state index >= 15 is 0 Å². The summed E-state index contributed by atoms with van der Waals surface area (Å²) in [7, 11) is 0. The number of nitrogens with zero attached hydrogens (tertiary/aromatic N) is 1. The summed E-state index contributed by atoms with van der Waals surface area (Å²) >= 11 is 0. The molecule has 1 aliphatic heterocycles. The van der Waals surface area contributed by atoms with E-state index < -0.39 is 0 Å². The van der Waals surface area contributed by atoms with E-state index in [4.69, 9.17) is 11.2 Å². The zero-order valence-corrected chi connectivity index (χ0v) is 11.6. The molecule has 0 aromatic heterocycles. The molecule has 1 aliphatic rings. The number of rotatable bonds is 6. The van der Waals surface area contributed by atoms with Gasteiger partial charge in [-0.05, 0) is 50.2 Å². The molecule has 0 atom stereocenters. The van der Waals surface area contributed by atoms with E-state index in [1.54, 1.807) is 12.1 Å². The van der Waals surface area contributed by atoms with Crippen molar-refractivity contribution in [2.75, 3.05) is 38.1 Å². The Hall–Kier alpha value is -1.99. The molecule has 1 aromatic carbocycles. The Morgan fingerprint density at radius 1 is 1.30 bits per heavy atom. The minimum Gasteiger partial charge on any atom is -0.449 e. The van der Waals surface area contributed by atoms with Gasteiger partial charge >= 0.3 is 5.97 Å². The van der Waals surface area contributed by atoms with Crippen LogP contribution in [0, 0.1) is 12.3 Å². The standard InChI is InChI=1S/C16H20N2O2/c1-2-13-20-16(19)14-5-7-15(8-6-14)17-9-12-18-10-3-4-11-18/h1,5-8,17H,3-4,9-13H2. The Kier molecular flexibility index (Phi) is 5.45. The van der Waals surface area contributed by atoms with Crippen LogP contribution < -0.4 is 5.32 Å². The molecule has 0 amide bonds. The van der Waals surface area contributed by atoms with Crippen molar-refractivity contribution in [1.82, 2.24) is 4.90 Å². The van der Waals surface area contributed by atoms with Crippen LogP contribution in [0.5, 0.6) is 0 Å². The van der Waals surface area contributed by atoms with Gasteiger partial charge in [-0.15, -0.1) is 6.42 Å². The third-order valence-electron chi connectivity index (χ3n) is 3.36. The van der Waals surface area contributed by atoms with E-state index in [9.17, 15) is 4.79 Å². The largest absolute Gasteiger partial charge is 0.449 e. The number of benzene rings is 1. The second-order valence-electron chi connectivity index (χ2n) is 4.83. The lowest BCUT2D eigenvalue weighted by molar-refractivity contribution is 0.0557. The molecule has 0 bridgehead atoms. The van der Waals surface area contributed by atoms with Gasteiger partial charge in [0.25, 0.3) is 0 Å². The zero-order valence-electron chi connectivity index (χ0n) is 11.6. The molecule has 1 fully saturated rings. The fourth-order valence-corrected chi connectivity index (χ4v) is 2.28. The molecule has 1 saturated heterocycles. The molecule has 20 heavy (non-hydrogen) atoms. The Balaban J connectivity index is 1.76. The van der Waals surface area contributed by atoms with Crippen molar-refractivity contribution in [2.45, 2.75) is 12.8 Å². The first-order chi connectivity index (χ1) is 9.79. The number of carbonyl (C=O) groups excluding carboxylic acids is 1. The SMILES string of the molecule is C#CCOC(=O)c1ccc(NCCN2CCCC2)cc1. The highest BCUT2D eigenvalue weighted by Gasteiger charge is 2.10. The highest BCUT2D eigenvalue weighted by atomic mass is 16.5. The number of terminal acetylenes is 1. The molecular formula is C16H20N2O2. The van der Waals surface area contributed by atoms with Crippen molar-refractivity contribution in [3.63, 3.8) is 0 Å². The molecular weight excluding hydrogens is 252 g/mol. The van der Waals surface area contributed by atoms with Crippen molar-refractivity contribution in [1.29, 1.82) is 0 Å². The third kappa shape index (κ3) is 4.29. The number of nitrogens with one attached hydrogen (secondary N) is 1. The molecule has 4 heteroatoms. The lowest BCUT2D eigenvalue weighted by Gasteiger charge is -2.15. The maximum Gasteiger partial charge on any atom is 0.339 e. The highest BCUT2D eigenvalue weighted by molar-refractivity contribution is 5.89. The maximum atomic E-state index is 11.6. The van der Waals surface area contributed by atoms with Gasteiger partial charge in [0.15, 0.2) is 6.61 Å². The number of likely N-dealkylation sites (tertiary alicyclic amines) is 1. The van der Waals surface area contributed by atoms with E-state index in [-0.39, 0.29) is 12.6 Å². The van der Waals surface area contributed by atoms with E-state index in [2.05, 4.69) is 16.1 Å². The van der Waals surface area contributed by atoms with Crippen molar-refractivity contribution >= 4 is 11.7 Å². The van der Waals surface area contributed by atoms with Crippen LogP contribution in [0.25, 0.3) is 0 Å². The first-order valence-corrected chi connectivity index (χ1v) is 6.96. The first kappa shape index (κ1) is 14.4. The molecule has 1 N–H and O–H groups in total. The van der Waals surface area contributed by atoms with Crippen molar-refractivity contribution in [2.24, 2.45) is 0 Å². The van der Waals surface area contributed by atoms with Crippen LogP contribution >= 0.6 is 0 Å². The average Bonchev–Trinajstić information content (AvgIpc) is 2.99. The summed E-state index contributed by atoms with van der Waals surface area (Å²) in [4.78, 5) is 14.0. The molecule has 0 radical (unpaired) electrons. The van der Waals surface area contributed by atoms with Crippen LogP contribution in [0.3, 0.4) is 0 Å². The van der Waals surface area contributed by atoms with Crippen LogP contribution in [0.4, 0.5) is 5.69 Å². The number of anilines is 1. The molecule has 0 unspecified atom stereocenters. The highest BCUT2D eigenvalue weighted by Crippen LogP contribution is 2.11. The van der Waals surface area contributed by atoms with Gasteiger partial charge in [-0.25, -0.2) is 4.79 Å². The molecule has 2 rings (SSSR count). The second-order valence-corrected chi connectivity index (χ2v) is 4.83. The predicted octanol–water partition coefficient (Wildman–Crippen LogP) is 1.98. The minimum atomic E-state index is -0.383. The molecule has 1 heterocycles. The van der Waals surface area contributed by atoms with Crippen molar-refractivity contribution in [3.05, 3.63) is 29.8 Å². The Morgan fingerprint density at radius 3 is 2.65 bits per heavy atom. The smallest absolute Gasteiger partial charge is 0.339 e. The summed E-state index contributed by atoms with van der Waals surface area (Å²) in [5, 5.41) is 3.35. The monoisotopic (exact) mass is 272 g/mol. The van der Waals surface area contributed by atoms with Crippen molar-refractivity contribution < 1.29 is 9.53 Å². The van der Waals surface area contributed by atoms with Crippen LogP contribution in [-0.4, -0.2) is 43.7 Å². The molecule has 0 spiro atoms. The lowest BCUT2D eigenvalue weighted by atomic mass is 10.2. The minimum absolute atomic E-state index is 0.00860. The zero-order chi connectivity index (χ0) is 14.2. The average molecular weight is 272 g/mol. The number of carbonyl (C=O) groups is 1. The number of hydrogen-bond acceptors (Lipinski definition) is 4. The van der Waals surface area contributed by atoms with Crippen LogP contribution in [-0.2, 0) is 4.74 Å². The summed E-state index contributed by atoms with van der Waals surface area (Å²) in [5.41, 5.74) is 1.53. The molecule has 0 saturated carbocycles. The molecule has 0 aliphatic carbocycles. The Morgan fingerprint density at radius 2 is 2.00 bits per heavy atom. The third-order valence-corrected chi connectivity index (χ3v) is 3.36. The van der Waals surface area contributed by atoms with E-state index in [1.165, 1.54) is 25.9 Å². The van der Waals surface area contributed by atoms with E-state index in [0.29, 0.717) is 5.56 Å². The Bertz CT molecular complexity index is 470. The van der Waals surface area contributed by atoms with E-state index in [1.807, 2.05) is 12.1 Å². The number of hydrogen-bond donors (Lipinski definition) is 1. The number of ether oxygens (including phenoxy) is 1. The summed E-state index contributed by atoms with van der Waals surface area (Å²) in [5.74, 6) is 1.89. The topological polar surface area (TPSA) is 41.6 Å². The first-order valence-electron chi connectivity index (χ1n) is 6.96. The van der Waals surface area contributed by atoms with Crippen LogP contribution in [0.15, 0.2) is 24.3 Å². The van der Waals surface area contributed by atoms with Crippen molar-refractivity contribution in [3.8, 4) is 12.3 Å². The summed E-state index contributed by atoms with van der Waals surface area (Å²) in [6.45, 7) is 4.41. The molecule has 1 aromatic rings. The summed E-state index contributed by atoms with van der Waals surface area (Å²) in [6, 6.07) is 7.26. The van der Waals surface area contributed by atoms with Gasteiger partial charge in [0.05, 0.1) is 5.56 Å². The van der Waals surface area contributed by atoms with Crippen LogP contribution in [0.2, 0.25) is 0 Å². The fourth-order valence-electron chi connectivity index (χ4n) is 2.28. The predicted molar refractivity (Wildman–Crippen MR) is 79.7 cm³/mol. The van der Waals surface area contributed by atoms with E-state index in [0.717, 1.165) is 18.8 Å². The summed E-state index contributed by atoms with van der Waals surface area (Å²) < 4.78 is 4.86. The normalized spacial score (nSPS) is 14.8. The fraction of sp³-hybridized carbons (Fsp3) is 0.438. The molecule has 106 valence electrons. The van der Waals surface area contributed by atoms with Gasteiger partial charge in [0.2, 0.25) is 0 Å². The van der Waals surface area contributed by atoms with Gasteiger partial charge in [0, 0.05) is 18.8 Å². The van der Waals surface area contributed by atoms with Gasteiger partial charge in [-0.3, -0.25) is 0 Å². The second kappa shape index (κ2) is 7.56. The van der Waals surface area contributed by atoms with Gasteiger partial charge in [-0.1, -0.05) is 5.92 Å². The van der Waals surface area contributed by atoms with Gasteiger partial charge in [-0.2, -0.15) is 0 Å². The van der Waals surface area contributed by atoms with Crippen LogP contribution in [0.1, 0.15) is 23.2 Å². The van der Waals surface area contributed by atoms with Gasteiger partial charge in [0.1, 0.15) is 0 Å². The summed E-state index contributed by atoms with van der Waals surface area (Å²) in [6.07, 6.45) is 7.67. The maximum absolute atomic E-state index is 11.6.